The number of benzene rings is 1. The summed E-state index contributed by atoms with van der Waals surface area (Å²) >= 11 is 0.850. The Kier molecular flexibility index (Phi) is 7.07. The second kappa shape index (κ2) is 9.55. The molecule has 0 bridgehead atoms. The van der Waals surface area contributed by atoms with Crippen molar-refractivity contribution in [3.8, 4) is 11.5 Å². The van der Waals surface area contributed by atoms with E-state index < -0.39 is 11.1 Å². The van der Waals surface area contributed by atoms with Crippen LogP contribution in [-0.4, -0.2) is 59.7 Å². The molecule has 0 aromatic heterocycles. The van der Waals surface area contributed by atoms with Gasteiger partial charge in [-0.25, -0.2) is 0 Å². The quantitative estimate of drug-likeness (QED) is 0.637. The number of methoxy groups -OCH3 is 1. The van der Waals surface area contributed by atoms with E-state index in [1.807, 2.05) is 13.8 Å². The van der Waals surface area contributed by atoms with Gasteiger partial charge in [0.05, 0.1) is 18.1 Å². The summed E-state index contributed by atoms with van der Waals surface area (Å²) in [5, 5.41) is -0.420. The van der Waals surface area contributed by atoms with Gasteiger partial charge in [0.1, 0.15) is 6.54 Å². The maximum absolute atomic E-state index is 12.7. The minimum absolute atomic E-state index is 0.00176. The third-order valence-electron chi connectivity index (χ3n) is 5.15. The van der Waals surface area contributed by atoms with Crippen molar-refractivity contribution in [1.29, 1.82) is 0 Å². The summed E-state index contributed by atoms with van der Waals surface area (Å²) < 4.78 is 11.1. The summed E-state index contributed by atoms with van der Waals surface area (Å²) in [6, 6.07) is 5.33. The van der Waals surface area contributed by atoms with Gasteiger partial charge in [-0.3, -0.25) is 19.3 Å². The van der Waals surface area contributed by atoms with Crippen LogP contribution in [0.3, 0.4) is 0 Å². The standard InChI is InChI=1S/C22H28N2O5S/c1-14(2)29-17-6-5-16(11-18(17)28-4)12-19-21(26)24(22(27)30-19)13-20(25)23-9-7-15(3)8-10-23/h5-6,11-12,14-15H,7-10,13H2,1-4H3/b19-12-. The van der Waals surface area contributed by atoms with Crippen LogP contribution in [0.1, 0.15) is 39.2 Å². The zero-order valence-corrected chi connectivity index (χ0v) is 18.7. The van der Waals surface area contributed by atoms with Crippen molar-refractivity contribution in [2.45, 2.75) is 39.7 Å². The number of nitrogens with zero attached hydrogens (tertiary/aromatic N) is 2. The molecule has 2 aliphatic heterocycles. The van der Waals surface area contributed by atoms with Crippen LogP contribution < -0.4 is 9.47 Å². The monoisotopic (exact) mass is 432 g/mol. The number of rotatable bonds is 6. The van der Waals surface area contributed by atoms with Crippen LogP contribution in [0.4, 0.5) is 4.79 Å². The molecule has 0 spiro atoms. The summed E-state index contributed by atoms with van der Waals surface area (Å²) in [5.74, 6) is 1.14. The fraction of sp³-hybridized carbons (Fsp3) is 0.500. The smallest absolute Gasteiger partial charge is 0.294 e. The van der Waals surface area contributed by atoms with Crippen molar-refractivity contribution < 1.29 is 23.9 Å². The highest BCUT2D eigenvalue weighted by Gasteiger charge is 2.37. The van der Waals surface area contributed by atoms with E-state index in [0.717, 1.165) is 29.5 Å². The number of carbonyl (C=O) groups excluding carboxylic acids is 3. The van der Waals surface area contributed by atoms with Gasteiger partial charge in [-0.05, 0) is 68.1 Å². The second-order valence-corrected chi connectivity index (χ2v) is 8.90. The highest BCUT2D eigenvalue weighted by molar-refractivity contribution is 8.18. The van der Waals surface area contributed by atoms with Crippen LogP contribution >= 0.6 is 11.8 Å². The Bertz CT molecular complexity index is 859. The number of hydrogen-bond acceptors (Lipinski definition) is 6. The molecule has 2 fully saturated rings. The molecule has 2 saturated heterocycles. The van der Waals surface area contributed by atoms with E-state index in [2.05, 4.69) is 6.92 Å². The van der Waals surface area contributed by atoms with E-state index in [9.17, 15) is 14.4 Å². The molecule has 2 aliphatic rings. The molecule has 0 saturated carbocycles. The van der Waals surface area contributed by atoms with E-state index >= 15 is 0 Å². The number of thioether (sulfide) groups is 1. The summed E-state index contributed by atoms with van der Waals surface area (Å²) in [5.41, 5.74) is 0.713. The molecule has 2 heterocycles. The van der Waals surface area contributed by atoms with Crippen molar-refractivity contribution >= 4 is 34.9 Å². The van der Waals surface area contributed by atoms with E-state index in [0.29, 0.717) is 41.0 Å². The Morgan fingerprint density at radius 2 is 1.93 bits per heavy atom. The highest BCUT2D eigenvalue weighted by Crippen LogP contribution is 2.35. The average Bonchev–Trinajstić information content (AvgIpc) is 2.96. The first-order chi connectivity index (χ1) is 14.3. The normalized spacial score (nSPS) is 19.2. The van der Waals surface area contributed by atoms with Crippen LogP contribution in [0.25, 0.3) is 6.08 Å². The minimum Gasteiger partial charge on any atom is -0.493 e. The van der Waals surface area contributed by atoms with Crippen molar-refractivity contribution in [1.82, 2.24) is 9.80 Å². The second-order valence-electron chi connectivity index (χ2n) is 7.91. The molecular weight excluding hydrogens is 404 g/mol. The molecule has 0 unspecified atom stereocenters. The van der Waals surface area contributed by atoms with Gasteiger partial charge in [0, 0.05) is 13.1 Å². The fourth-order valence-corrected chi connectivity index (χ4v) is 4.24. The third kappa shape index (κ3) is 5.16. The maximum atomic E-state index is 12.7. The molecule has 3 amide bonds. The first-order valence-corrected chi connectivity index (χ1v) is 11.0. The number of piperidine rings is 1. The Labute approximate surface area is 181 Å². The Morgan fingerprint density at radius 3 is 2.57 bits per heavy atom. The summed E-state index contributed by atoms with van der Waals surface area (Å²) in [6.45, 7) is 7.16. The lowest BCUT2D eigenvalue weighted by molar-refractivity contribution is -0.136. The van der Waals surface area contributed by atoms with Crippen molar-refractivity contribution in [3.05, 3.63) is 28.7 Å². The lowest BCUT2D eigenvalue weighted by atomic mass is 9.99. The lowest BCUT2D eigenvalue weighted by Crippen LogP contribution is -2.45. The molecule has 30 heavy (non-hydrogen) atoms. The zero-order valence-electron chi connectivity index (χ0n) is 17.8. The summed E-state index contributed by atoms with van der Waals surface area (Å²) in [4.78, 5) is 40.7. The molecule has 3 rings (SSSR count). The molecule has 7 nitrogen and oxygen atoms in total. The van der Waals surface area contributed by atoms with E-state index in [4.69, 9.17) is 9.47 Å². The van der Waals surface area contributed by atoms with E-state index in [1.54, 1.807) is 36.3 Å². The molecule has 0 radical (unpaired) electrons. The fourth-order valence-electron chi connectivity index (χ4n) is 3.41. The van der Waals surface area contributed by atoms with Crippen LogP contribution in [0.5, 0.6) is 11.5 Å². The van der Waals surface area contributed by atoms with Gasteiger partial charge in [0.25, 0.3) is 11.1 Å². The molecule has 8 heteroatoms. The number of imide groups is 1. The molecule has 0 aliphatic carbocycles. The van der Waals surface area contributed by atoms with Gasteiger partial charge in [0.2, 0.25) is 5.91 Å². The lowest BCUT2D eigenvalue weighted by Gasteiger charge is -2.31. The SMILES string of the molecule is COc1cc(/C=C2\SC(=O)N(CC(=O)N3CCC(C)CC3)C2=O)ccc1OC(C)C. The Morgan fingerprint density at radius 1 is 1.23 bits per heavy atom. The predicted molar refractivity (Wildman–Crippen MR) is 116 cm³/mol. The Hall–Kier alpha value is -2.48. The van der Waals surface area contributed by atoms with Crippen LogP contribution in [-0.2, 0) is 9.59 Å². The number of carbonyl (C=O) groups is 3. The molecule has 1 aromatic carbocycles. The summed E-state index contributed by atoms with van der Waals surface area (Å²) in [6.07, 6.45) is 3.54. The number of hydrogen-bond donors (Lipinski definition) is 0. The number of likely N-dealkylation sites (tertiary alicyclic amines) is 1. The van der Waals surface area contributed by atoms with Crippen LogP contribution in [0, 0.1) is 5.92 Å². The zero-order chi connectivity index (χ0) is 21.8. The first-order valence-electron chi connectivity index (χ1n) is 10.2. The van der Waals surface area contributed by atoms with E-state index in [-0.39, 0.29) is 18.6 Å². The Balaban J connectivity index is 1.71. The molecule has 1 aromatic rings. The summed E-state index contributed by atoms with van der Waals surface area (Å²) in [7, 11) is 1.55. The minimum atomic E-state index is -0.440. The first kappa shape index (κ1) is 22.2. The average molecular weight is 433 g/mol. The number of ether oxygens (including phenoxy) is 2. The van der Waals surface area contributed by atoms with Gasteiger partial charge in [-0.1, -0.05) is 13.0 Å². The van der Waals surface area contributed by atoms with E-state index in [1.165, 1.54) is 0 Å². The molecule has 0 N–H and O–H groups in total. The van der Waals surface area contributed by atoms with Gasteiger partial charge < -0.3 is 14.4 Å². The largest absolute Gasteiger partial charge is 0.493 e. The highest BCUT2D eigenvalue weighted by atomic mass is 32.2. The molecule has 162 valence electrons. The predicted octanol–water partition coefficient (Wildman–Crippen LogP) is 3.78. The van der Waals surface area contributed by atoms with Gasteiger partial charge in [0.15, 0.2) is 11.5 Å². The third-order valence-corrected chi connectivity index (χ3v) is 6.06. The molecule has 0 atom stereocenters. The molecular formula is C22H28N2O5S. The van der Waals surface area contributed by atoms with Crippen LogP contribution in [0.2, 0.25) is 0 Å². The van der Waals surface area contributed by atoms with Gasteiger partial charge >= 0.3 is 0 Å². The maximum Gasteiger partial charge on any atom is 0.294 e. The van der Waals surface area contributed by atoms with Crippen molar-refractivity contribution in [2.75, 3.05) is 26.7 Å². The topological polar surface area (TPSA) is 76.2 Å². The number of amides is 3. The van der Waals surface area contributed by atoms with Crippen molar-refractivity contribution in [2.24, 2.45) is 5.92 Å². The van der Waals surface area contributed by atoms with Gasteiger partial charge in [-0.2, -0.15) is 0 Å². The van der Waals surface area contributed by atoms with Crippen LogP contribution in [0.15, 0.2) is 23.1 Å². The van der Waals surface area contributed by atoms with Crippen molar-refractivity contribution in [3.63, 3.8) is 0 Å². The van der Waals surface area contributed by atoms with Gasteiger partial charge in [-0.15, -0.1) is 0 Å².